The van der Waals surface area contributed by atoms with Crippen LogP contribution in [0.1, 0.15) is 20.9 Å². The third-order valence-corrected chi connectivity index (χ3v) is 6.64. The van der Waals surface area contributed by atoms with Gasteiger partial charge in [0.05, 0.1) is 4.90 Å². The minimum atomic E-state index is -3.48. The van der Waals surface area contributed by atoms with Crippen molar-refractivity contribution in [2.45, 2.75) is 37.2 Å². The van der Waals surface area contributed by atoms with Crippen LogP contribution in [0.4, 0.5) is 0 Å². The lowest BCUT2D eigenvalue weighted by molar-refractivity contribution is 0.555. The van der Waals surface area contributed by atoms with E-state index in [1.807, 2.05) is 19.1 Å². The molecule has 4 nitrogen and oxygen atoms in total. The second kappa shape index (κ2) is 5.53. The number of thiophene rings is 1. The fraction of sp³-hybridized carbons (Fsp3) is 0.333. The van der Waals surface area contributed by atoms with Crippen LogP contribution < -0.4 is 10.5 Å². The molecule has 21 heavy (non-hydrogen) atoms. The predicted molar refractivity (Wildman–Crippen MR) is 84.9 cm³/mol. The highest BCUT2D eigenvalue weighted by Gasteiger charge is 2.27. The molecule has 0 unspecified atom stereocenters. The van der Waals surface area contributed by atoms with Crippen LogP contribution in [0.15, 0.2) is 35.2 Å². The molecule has 1 aliphatic rings. The minimum absolute atomic E-state index is 0.0620. The average molecular weight is 322 g/mol. The quantitative estimate of drug-likeness (QED) is 0.904. The smallest absolute Gasteiger partial charge is 0.241 e. The van der Waals surface area contributed by atoms with E-state index in [4.69, 9.17) is 5.73 Å². The first-order chi connectivity index (χ1) is 9.99. The molecule has 0 spiro atoms. The Balaban J connectivity index is 1.80. The molecule has 0 fully saturated rings. The van der Waals surface area contributed by atoms with E-state index in [0.29, 0.717) is 11.4 Å². The van der Waals surface area contributed by atoms with Gasteiger partial charge in [-0.15, -0.1) is 11.3 Å². The Morgan fingerprint density at radius 1 is 1.29 bits per heavy atom. The summed E-state index contributed by atoms with van der Waals surface area (Å²) in [5.74, 6) is 0. The Bertz CT molecular complexity index is 741. The molecular formula is C15H18N2O2S2. The van der Waals surface area contributed by atoms with Gasteiger partial charge in [-0.2, -0.15) is 0 Å². The van der Waals surface area contributed by atoms with Crippen molar-refractivity contribution in [2.24, 2.45) is 5.73 Å². The Morgan fingerprint density at radius 3 is 2.43 bits per heavy atom. The summed E-state index contributed by atoms with van der Waals surface area (Å²) < 4.78 is 27.9. The number of benzene rings is 1. The summed E-state index contributed by atoms with van der Waals surface area (Å²) in [6, 6.07) is 9.73. The Labute approximate surface area is 129 Å². The molecule has 6 heteroatoms. The van der Waals surface area contributed by atoms with E-state index in [1.165, 1.54) is 22.5 Å². The average Bonchev–Trinajstić information content (AvgIpc) is 3.00. The minimum Gasteiger partial charge on any atom is -0.326 e. The van der Waals surface area contributed by atoms with Gasteiger partial charge < -0.3 is 5.73 Å². The number of hydrogen-bond acceptors (Lipinski definition) is 4. The molecule has 0 aliphatic heterocycles. The first kappa shape index (κ1) is 14.7. The zero-order valence-corrected chi connectivity index (χ0v) is 13.4. The molecule has 112 valence electrons. The van der Waals surface area contributed by atoms with Crippen LogP contribution in [-0.4, -0.2) is 14.5 Å². The highest BCUT2D eigenvalue weighted by Crippen LogP contribution is 2.27. The first-order valence-electron chi connectivity index (χ1n) is 6.88. The summed E-state index contributed by atoms with van der Waals surface area (Å²) in [6.45, 7) is 2.19. The maximum Gasteiger partial charge on any atom is 0.241 e. The number of nitrogens with two attached hydrogens (primary N) is 1. The van der Waals surface area contributed by atoms with Crippen LogP contribution in [0.3, 0.4) is 0 Å². The van der Waals surface area contributed by atoms with Crippen LogP contribution in [0, 0.1) is 6.92 Å². The largest absolute Gasteiger partial charge is 0.326 e. The van der Waals surface area contributed by atoms with Gasteiger partial charge in [-0.25, -0.2) is 13.1 Å². The van der Waals surface area contributed by atoms with Gasteiger partial charge in [-0.05, 0) is 37.0 Å². The lowest BCUT2D eigenvalue weighted by Gasteiger charge is -2.12. The zero-order chi connectivity index (χ0) is 15.0. The molecule has 1 aromatic heterocycles. The highest BCUT2D eigenvalue weighted by atomic mass is 32.2. The van der Waals surface area contributed by atoms with Gasteiger partial charge in [0.2, 0.25) is 10.0 Å². The summed E-state index contributed by atoms with van der Waals surface area (Å²) in [5.41, 5.74) is 8.05. The van der Waals surface area contributed by atoms with Gasteiger partial charge in [-0.1, -0.05) is 24.3 Å². The molecular weight excluding hydrogens is 304 g/mol. The van der Waals surface area contributed by atoms with Gasteiger partial charge >= 0.3 is 0 Å². The number of nitrogens with one attached hydrogen (secondary N) is 1. The van der Waals surface area contributed by atoms with E-state index in [2.05, 4.69) is 16.9 Å². The number of hydrogen-bond donors (Lipinski definition) is 2. The summed E-state index contributed by atoms with van der Waals surface area (Å²) in [4.78, 5) is 2.05. The van der Waals surface area contributed by atoms with Crippen LogP contribution in [0.25, 0.3) is 0 Å². The van der Waals surface area contributed by atoms with Gasteiger partial charge in [0.1, 0.15) is 0 Å². The maximum atomic E-state index is 12.5. The van der Waals surface area contributed by atoms with Crippen molar-refractivity contribution < 1.29 is 8.42 Å². The van der Waals surface area contributed by atoms with E-state index in [-0.39, 0.29) is 6.04 Å². The van der Waals surface area contributed by atoms with Crippen LogP contribution in [0.2, 0.25) is 0 Å². The van der Waals surface area contributed by atoms with Gasteiger partial charge in [0, 0.05) is 22.3 Å². The summed E-state index contributed by atoms with van der Waals surface area (Å²) in [5, 5.41) is 0. The van der Waals surface area contributed by atoms with E-state index in [9.17, 15) is 8.42 Å². The predicted octanol–water partition coefficient (Wildman–Crippen LogP) is 1.96. The second-order valence-electron chi connectivity index (χ2n) is 5.33. The van der Waals surface area contributed by atoms with Crippen molar-refractivity contribution >= 4 is 21.4 Å². The third-order valence-electron chi connectivity index (χ3n) is 3.79. The number of rotatable bonds is 4. The molecule has 1 aromatic carbocycles. The fourth-order valence-electron chi connectivity index (χ4n) is 2.82. The van der Waals surface area contributed by atoms with E-state index >= 15 is 0 Å². The first-order valence-corrected chi connectivity index (χ1v) is 9.18. The lowest BCUT2D eigenvalue weighted by Crippen LogP contribution is -2.35. The number of sulfonamides is 1. The number of aryl methyl sites for hydroxylation is 1. The molecule has 3 rings (SSSR count). The third kappa shape index (κ3) is 2.89. The van der Waals surface area contributed by atoms with Crippen molar-refractivity contribution in [2.75, 3.05) is 0 Å². The van der Waals surface area contributed by atoms with Crippen molar-refractivity contribution in [3.63, 3.8) is 0 Å². The van der Waals surface area contributed by atoms with Crippen molar-refractivity contribution in [1.29, 1.82) is 0 Å². The number of fused-ring (bicyclic) bond motifs is 1. The molecule has 0 saturated heterocycles. The standard InChI is InChI=1S/C15H18N2O2S2/c1-10-15(8-14(9-16)20-10)21(18,19)17-13-6-11-4-2-3-5-12(11)7-13/h2-5,8,13,17H,6-7,9,16H2,1H3. The summed E-state index contributed by atoms with van der Waals surface area (Å²) in [6.07, 6.45) is 1.50. The SMILES string of the molecule is Cc1sc(CN)cc1S(=O)(=O)NC1Cc2ccccc2C1. The summed E-state index contributed by atoms with van der Waals surface area (Å²) >= 11 is 1.44. The van der Waals surface area contributed by atoms with Crippen molar-refractivity contribution in [3.8, 4) is 0 Å². The van der Waals surface area contributed by atoms with E-state index in [1.54, 1.807) is 6.07 Å². The molecule has 0 radical (unpaired) electrons. The molecule has 1 aliphatic carbocycles. The van der Waals surface area contributed by atoms with Crippen LogP contribution in [-0.2, 0) is 29.4 Å². The van der Waals surface area contributed by atoms with Crippen molar-refractivity contribution in [3.05, 3.63) is 51.2 Å². The van der Waals surface area contributed by atoms with Gasteiger partial charge in [0.25, 0.3) is 0 Å². The lowest BCUT2D eigenvalue weighted by atomic mass is 10.1. The van der Waals surface area contributed by atoms with E-state index in [0.717, 1.165) is 22.6 Å². The fourth-order valence-corrected chi connectivity index (χ4v) is 5.57. The highest BCUT2D eigenvalue weighted by molar-refractivity contribution is 7.89. The molecule has 0 bridgehead atoms. The monoisotopic (exact) mass is 322 g/mol. The molecule has 0 amide bonds. The van der Waals surface area contributed by atoms with Gasteiger partial charge in [-0.3, -0.25) is 0 Å². The molecule has 1 heterocycles. The Kier molecular flexibility index (Phi) is 3.88. The molecule has 2 aromatic rings. The van der Waals surface area contributed by atoms with Gasteiger partial charge in [0.15, 0.2) is 0 Å². The normalized spacial score (nSPS) is 15.3. The topological polar surface area (TPSA) is 72.2 Å². The molecule has 3 N–H and O–H groups in total. The molecule has 0 atom stereocenters. The summed E-state index contributed by atoms with van der Waals surface area (Å²) in [7, 11) is -3.48. The van der Waals surface area contributed by atoms with Crippen LogP contribution in [0.5, 0.6) is 0 Å². The van der Waals surface area contributed by atoms with Crippen LogP contribution >= 0.6 is 11.3 Å². The second-order valence-corrected chi connectivity index (χ2v) is 8.36. The zero-order valence-electron chi connectivity index (χ0n) is 11.8. The Morgan fingerprint density at radius 2 is 1.90 bits per heavy atom. The van der Waals surface area contributed by atoms with E-state index < -0.39 is 10.0 Å². The van der Waals surface area contributed by atoms with Crippen molar-refractivity contribution in [1.82, 2.24) is 4.72 Å². The maximum absolute atomic E-state index is 12.5. The Hall–Kier alpha value is -1.21. The molecule has 0 saturated carbocycles.